The fourth-order valence-corrected chi connectivity index (χ4v) is 5.92. The van der Waals surface area contributed by atoms with Crippen LogP contribution in [-0.4, -0.2) is 47.6 Å². The SMILES string of the molecule is CC1(C)NCCC(S(=O)(=O)c2ccc(OCc3ccc(F)cc3)cc2)C1(O)C(=O)NO. The molecule has 0 radical (unpaired) electrons. The van der Waals surface area contributed by atoms with E-state index in [2.05, 4.69) is 5.32 Å². The second-order valence-corrected chi connectivity index (χ2v) is 10.1. The van der Waals surface area contributed by atoms with Crippen LogP contribution in [0.3, 0.4) is 0 Å². The van der Waals surface area contributed by atoms with Gasteiger partial charge in [-0.15, -0.1) is 0 Å². The van der Waals surface area contributed by atoms with Crippen LogP contribution in [-0.2, 0) is 21.2 Å². The first kappa shape index (κ1) is 23.1. The molecule has 2 aromatic rings. The van der Waals surface area contributed by atoms with Crippen molar-refractivity contribution >= 4 is 15.7 Å². The Hall–Kier alpha value is -2.53. The predicted molar refractivity (Wildman–Crippen MR) is 110 cm³/mol. The lowest BCUT2D eigenvalue weighted by Gasteiger charge is -2.49. The molecule has 1 amide bonds. The van der Waals surface area contributed by atoms with E-state index in [1.165, 1.54) is 55.7 Å². The smallest absolute Gasteiger partial charge is 0.278 e. The van der Waals surface area contributed by atoms with E-state index in [-0.39, 0.29) is 30.3 Å². The summed E-state index contributed by atoms with van der Waals surface area (Å²) in [6.07, 6.45) is -0.0293. The average Bonchev–Trinajstić information content (AvgIpc) is 2.74. The highest BCUT2D eigenvalue weighted by molar-refractivity contribution is 7.92. The molecule has 0 bridgehead atoms. The molecule has 1 aliphatic rings. The Bertz CT molecular complexity index is 1040. The number of carbonyl (C=O) groups excluding carboxylic acids is 1. The van der Waals surface area contributed by atoms with Crippen molar-refractivity contribution in [2.75, 3.05) is 6.54 Å². The Morgan fingerprint density at radius 1 is 1.19 bits per heavy atom. The van der Waals surface area contributed by atoms with Crippen molar-refractivity contribution in [3.8, 4) is 5.75 Å². The third-order valence-electron chi connectivity index (χ3n) is 5.69. The van der Waals surface area contributed by atoms with Gasteiger partial charge in [-0.05, 0) is 68.8 Å². The fourth-order valence-electron chi connectivity index (χ4n) is 3.79. The summed E-state index contributed by atoms with van der Waals surface area (Å²) in [6.45, 7) is 3.43. The largest absolute Gasteiger partial charge is 0.489 e. The molecule has 31 heavy (non-hydrogen) atoms. The first-order valence-electron chi connectivity index (χ1n) is 9.65. The minimum absolute atomic E-state index is 0.0293. The van der Waals surface area contributed by atoms with Crippen molar-refractivity contribution < 1.29 is 32.7 Å². The van der Waals surface area contributed by atoms with Gasteiger partial charge in [0, 0.05) is 0 Å². The zero-order chi connectivity index (χ0) is 22.9. The summed E-state index contributed by atoms with van der Waals surface area (Å²) in [4.78, 5) is 12.2. The summed E-state index contributed by atoms with van der Waals surface area (Å²) in [6, 6.07) is 11.4. The summed E-state index contributed by atoms with van der Waals surface area (Å²) in [5.74, 6) is -1.15. The number of carbonyl (C=O) groups is 1. The predicted octanol–water partition coefficient (Wildman–Crippen LogP) is 1.56. The maximum absolute atomic E-state index is 13.3. The molecule has 10 heteroatoms. The summed E-state index contributed by atoms with van der Waals surface area (Å²) in [7, 11) is -4.14. The highest BCUT2D eigenvalue weighted by Gasteiger charge is 2.61. The lowest BCUT2D eigenvalue weighted by Crippen LogP contribution is -2.75. The highest BCUT2D eigenvalue weighted by atomic mass is 32.2. The van der Waals surface area contributed by atoms with Gasteiger partial charge in [-0.25, -0.2) is 18.3 Å². The second kappa shape index (κ2) is 8.54. The number of halogens is 1. The molecule has 4 N–H and O–H groups in total. The zero-order valence-corrected chi connectivity index (χ0v) is 17.9. The summed E-state index contributed by atoms with van der Waals surface area (Å²) in [5, 5.41) is 21.7. The Labute approximate surface area is 179 Å². The van der Waals surface area contributed by atoms with E-state index in [0.29, 0.717) is 5.75 Å². The number of amides is 1. The van der Waals surface area contributed by atoms with Crippen molar-refractivity contribution in [2.24, 2.45) is 0 Å². The molecule has 1 aliphatic heterocycles. The molecule has 2 atom stereocenters. The molecule has 1 fully saturated rings. The number of hydrogen-bond donors (Lipinski definition) is 4. The molecule has 0 saturated carbocycles. The van der Waals surface area contributed by atoms with Gasteiger partial charge in [0.1, 0.15) is 23.4 Å². The Morgan fingerprint density at radius 3 is 2.39 bits per heavy atom. The third-order valence-corrected chi connectivity index (χ3v) is 7.94. The van der Waals surface area contributed by atoms with Crippen LogP contribution in [0.25, 0.3) is 0 Å². The monoisotopic (exact) mass is 452 g/mol. The van der Waals surface area contributed by atoms with E-state index in [4.69, 9.17) is 9.94 Å². The van der Waals surface area contributed by atoms with Crippen LogP contribution in [0.2, 0.25) is 0 Å². The van der Waals surface area contributed by atoms with Gasteiger partial charge in [0.25, 0.3) is 5.91 Å². The number of nitrogens with one attached hydrogen (secondary N) is 2. The number of sulfone groups is 1. The lowest BCUT2D eigenvalue weighted by molar-refractivity contribution is -0.160. The molecular formula is C21H25FN2O6S. The Morgan fingerprint density at radius 2 is 1.81 bits per heavy atom. The normalized spacial score (nSPS) is 23.2. The summed E-state index contributed by atoms with van der Waals surface area (Å²) < 4.78 is 45.2. The van der Waals surface area contributed by atoms with Crippen molar-refractivity contribution in [2.45, 2.75) is 48.2 Å². The van der Waals surface area contributed by atoms with Gasteiger partial charge in [0.05, 0.1) is 10.4 Å². The fraction of sp³-hybridized carbons (Fsp3) is 0.381. The van der Waals surface area contributed by atoms with Crippen molar-refractivity contribution in [3.05, 3.63) is 59.9 Å². The van der Waals surface area contributed by atoms with Crippen LogP contribution >= 0.6 is 0 Å². The number of hydrogen-bond acceptors (Lipinski definition) is 7. The van der Waals surface area contributed by atoms with E-state index < -0.39 is 32.1 Å². The van der Waals surface area contributed by atoms with Crippen LogP contribution in [0.4, 0.5) is 4.39 Å². The number of rotatable bonds is 6. The maximum atomic E-state index is 13.3. The van der Waals surface area contributed by atoms with E-state index >= 15 is 0 Å². The number of benzene rings is 2. The summed E-state index contributed by atoms with van der Waals surface area (Å²) in [5.41, 5.74) is -1.58. The molecule has 8 nitrogen and oxygen atoms in total. The van der Waals surface area contributed by atoms with Crippen LogP contribution in [0.5, 0.6) is 5.75 Å². The molecule has 0 spiro atoms. The third kappa shape index (κ3) is 4.29. The summed E-state index contributed by atoms with van der Waals surface area (Å²) >= 11 is 0. The van der Waals surface area contributed by atoms with Gasteiger partial charge < -0.3 is 15.2 Å². The van der Waals surface area contributed by atoms with Crippen LogP contribution in [0.1, 0.15) is 25.8 Å². The first-order chi connectivity index (χ1) is 14.5. The molecule has 0 aliphatic carbocycles. The van der Waals surface area contributed by atoms with E-state index in [1.807, 2.05) is 0 Å². The lowest BCUT2D eigenvalue weighted by atomic mass is 9.75. The standard InChI is InChI=1S/C21H25FN2O6S/c1-20(2)21(26,19(25)24-27)18(11-12-23-20)31(28,29)17-9-7-16(8-10-17)30-13-14-3-5-15(22)6-4-14/h3-10,18,23,26-27H,11-13H2,1-2H3,(H,24,25). The Balaban J connectivity index is 1.83. The molecule has 168 valence electrons. The first-order valence-corrected chi connectivity index (χ1v) is 11.2. The van der Waals surface area contributed by atoms with Gasteiger partial charge in [0.15, 0.2) is 15.4 Å². The second-order valence-electron chi connectivity index (χ2n) is 7.97. The number of ether oxygens (including phenoxy) is 1. The minimum Gasteiger partial charge on any atom is -0.489 e. The number of aliphatic hydroxyl groups is 1. The van der Waals surface area contributed by atoms with Gasteiger partial charge in [0.2, 0.25) is 0 Å². The molecule has 1 heterocycles. The van der Waals surface area contributed by atoms with E-state index in [1.54, 1.807) is 12.1 Å². The minimum atomic E-state index is -4.14. The van der Waals surface area contributed by atoms with Crippen molar-refractivity contribution in [3.63, 3.8) is 0 Å². The van der Waals surface area contributed by atoms with E-state index in [9.17, 15) is 22.7 Å². The maximum Gasteiger partial charge on any atom is 0.278 e. The van der Waals surface area contributed by atoms with Crippen LogP contribution in [0.15, 0.2) is 53.4 Å². The van der Waals surface area contributed by atoms with Gasteiger partial charge >= 0.3 is 0 Å². The topological polar surface area (TPSA) is 125 Å². The van der Waals surface area contributed by atoms with Gasteiger partial charge in [-0.1, -0.05) is 12.1 Å². The van der Waals surface area contributed by atoms with Gasteiger partial charge in [-0.2, -0.15) is 0 Å². The van der Waals surface area contributed by atoms with Crippen LogP contribution < -0.4 is 15.5 Å². The molecular weight excluding hydrogens is 427 g/mol. The molecule has 2 unspecified atom stereocenters. The van der Waals surface area contributed by atoms with Crippen LogP contribution in [0, 0.1) is 5.82 Å². The number of hydroxylamine groups is 1. The average molecular weight is 453 g/mol. The van der Waals surface area contributed by atoms with Crippen molar-refractivity contribution in [1.82, 2.24) is 10.8 Å². The molecule has 2 aromatic carbocycles. The van der Waals surface area contributed by atoms with E-state index in [0.717, 1.165) is 5.56 Å². The quantitative estimate of drug-likeness (QED) is 0.387. The molecule has 0 aromatic heterocycles. The number of piperidine rings is 1. The Kier molecular flexibility index (Phi) is 6.38. The molecule has 3 rings (SSSR count). The van der Waals surface area contributed by atoms with Gasteiger partial charge in [-0.3, -0.25) is 10.0 Å². The zero-order valence-electron chi connectivity index (χ0n) is 17.1. The highest BCUT2D eigenvalue weighted by Crippen LogP contribution is 2.38. The molecule has 1 saturated heterocycles. The van der Waals surface area contributed by atoms with Crippen molar-refractivity contribution in [1.29, 1.82) is 0 Å².